The van der Waals surface area contributed by atoms with Gasteiger partial charge in [0, 0.05) is 12.6 Å². The van der Waals surface area contributed by atoms with Crippen molar-refractivity contribution in [2.24, 2.45) is 0 Å². The minimum atomic E-state index is -0.946. The Balaban J connectivity index is 2.30. The maximum Gasteiger partial charge on any atom is 0.328 e. The van der Waals surface area contributed by atoms with E-state index in [1.165, 1.54) is 6.07 Å². The second-order valence-electron chi connectivity index (χ2n) is 3.85. The Morgan fingerprint density at radius 3 is 2.82 bits per heavy atom. The summed E-state index contributed by atoms with van der Waals surface area (Å²) in [5.74, 6) is -1.15. The second-order valence-corrected chi connectivity index (χ2v) is 3.85. The van der Waals surface area contributed by atoms with Crippen LogP contribution in [0.2, 0.25) is 0 Å². The quantitative estimate of drug-likeness (QED) is 0.587. The molecule has 1 aromatic carbocycles. The fourth-order valence-electron chi connectivity index (χ4n) is 1.47. The van der Waals surface area contributed by atoms with Crippen molar-refractivity contribution in [2.45, 2.75) is 13.3 Å². The van der Waals surface area contributed by atoms with Crippen molar-refractivity contribution in [3.8, 4) is 0 Å². The van der Waals surface area contributed by atoms with Gasteiger partial charge in [-0.05, 0) is 31.5 Å². The highest BCUT2D eigenvalue weighted by Crippen LogP contribution is 2.06. The minimum Gasteiger partial charge on any atom is -0.478 e. The van der Waals surface area contributed by atoms with Gasteiger partial charge in [0.1, 0.15) is 5.82 Å². The molecule has 0 saturated carbocycles. The van der Waals surface area contributed by atoms with E-state index in [1.807, 2.05) is 0 Å². The summed E-state index contributed by atoms with van der Waals surface area (Å²) in [6.45, 7) is 2.86. The van der Waals surface area contributed by atoms with Crippen molar-refractivity contribution < 1.29 is 14.3 Å². The van der Waals surface area contributed by atoms with Gasteiger partial charge >= 0.3 is 5.97 Å². The normalized spacial score (nSPS) is 11.5. The first-order valence-corrected chi connectivity index (χ1v) is 5.44. The van der Waals surface area contributed by atoms with Crippen LogP contribution < -0.4 is 5.32 Å². The van der Waals surface area contributed by atoms with E-state index in [0.717, 1.165) is 11.6 Å². The first kappa shape index (κ1) is 13.4. The molecule has 0 bridgehead atoms. The molecule has 0 unspecified atom stereocenters. The predicted octanol–water partition coefficient (Wildman–Crippen LogP) is 1.99. The first-order chi connectivity index (χ1) is 8.09. The number of carbonyl (C=O) groups is 1. The molecular formula is C13H16FNO2. The zero-order valence-corrected chi connectivity index (χ0v) is 9.74. The van der Waals surface area contributed by atoms with Gasteiger partial charge in [0.05, 0.1) is 0 Å². The Bertz CT molecular complexity index is 416. The van der Waals surface area contributed by atoms with Crippen molar-refractivity contribution in [1.29, 1.82) is 0 Å². The average Bonchev–Trinajstić information content (AvgIpc) is 2.25. The minimum absolute atomic E-state index is 0.202. The number of halogens is 1. The van der Waals surface area contributed by atoms with Crippen LogP contribution >= 0.6 is 0 Å². The summed E-state index contributed by atoms with van der Waals surface area (Å²) in [5, 5.41) is 11.6. The summed E-state index contributed by atoms with van der Waals surface area (Å²) in [6, 6.07) is 6.64. The van der Waals surface area contributed by atoms with Crippen molar-refractivity contribution in [2.75, 3.05) is 13.1 Å². The van der Waals surface area contributed by atoms with Crippen LogP contribution in [-0.2, 0) is 11.2 Å². The molecule has 0 aliphatic rings. The Morgan fingerprint density at radius 1 is 1.47 bits per heavy atom. The Kier molecular flexibility index (Phi) is 5.36. The van der Waals surface area contributed by atoms with Gasteiger partial charge in [0.2, 0.25) is 0 Å². The number of aliphatic carboxylic acids is 1. The van der Waals surface area contributed by atoms with E-state index in [4.69, 9.17) is 5.11 Å². The largest absolute Gasteiger partial charge is 0.478 e. The van der Waals surface area contributed by atoms with E-state index in [-0.39, 0.29) is 5.82 Å². The maximum absolute atomic E-state index is 13.2. The van der Waals surface area contributed by atoms with Crippen LogP contribution in [0.1, 0.15) is 12.5 Å². The van der Waals surface area contributed by atoms with E-state index < -0.39 is 5.97 Å². The van der Waals surface area contributed by atoms with Crippen molar-refractivity contribution in [1.82, 2.24) is 5.32 Å². The molecule has 17 heavy (non-hydrogen) atoms. The predicted molar refractivity (Wildman–Crippen MR) is 64.4 cm³/mol. The van der Waals surface area contributed by atoms with E-state index in [2.05, 4.69) is 5.32 Å². The van der Waals surface area contributed by atoms with Gasteiger partial charge in [-0.2, -0.15) is 0 Å². The molecular weight excluding hydrogens is 221 g/mol. The molecule has 0 fully saturated rings. The second kappa shape index (κ2) is 6.81. The molecule has 0 amide bonds. The molecule has 1 rings (SSSR count). The van der Waals surface area contributed by atoms with E-state index in [1.54, 1.807) is 25.1 Å². The summed E-state index contributed by atoms with van der Waals surface area (Å²) >= 11 is 0. The number of carboxylic acids is 1. The fourth-order valence-corrected chi connectivity index (χ4v) is 1.47. The highest BCUT2D eigenvalue weighted by atomic mass is 19.1. The SMILES string of the molecule is C/C(=C/C(=O)O)CNCCc1ccccc1F. The number of hydrogen-bond donors (Lipinski definition) is 2. The molecule has 0 radical (unpaired) electrons. The zero-order valence-electron chi connectivity index (χ0n) is 9.74. The highest BCUT2D eigenvalue weighted by Gasteiger charge is 2.00. The van der Waals surface area contributed by atoms with Crippen LogP contribution in [0.3, 0.4) is 0 Å². The summed E-state index contributed by atoms with van der Waals surface area (Å²) in [6.07, 6.45) is 1.75. The van der Waals surface area contributed by atoms with Crippen LogP contribution in [0.5, 0.6) is 0 Å². The number of carboxylic acid groups (broad SMARTS) is 1. The molecule has 4 heteroatoms. The highest BCUT2D eigenvalue weighted by molar-refractivity contribution is 5.80. The van der Waals surface area contributed by atoms with Crippen molar-refractivity contribution in [3.63, 3.8) is 0 Å². The molecule has 0 aromatic heterocycles. The summed E-state index contributed by atoms with van der Waals surface area (Å²) in [5.41, 5.74) is 1.41. The van der Waals surface area contributed by atoms with Crippen LogP contribution in [0, 0.1) is 5.82 Å². The lowest BCUT2D eigenvalue weighted by molar-refractivity contribution is -0.131. The third-order valence-electron chi connectivity index (χ3n) is 2.30. The molecule has 0 aliphatic heterocycles. The van der Waals surface area contributed by atoms with Gasteiger partial charge in [0.15, 0.2) is 0 Å². The summed E-state index contributed by atoms with van der Waals surface area (Å²) < 4.78 is 13.2. The lowest BCUT2D eigenvalue weighted by atomic mass is 10.1. The molecule has 1 aromatic rings. The van der Waals surface area contributed by atoms with Crippen molar-refractivity contribution in [3.05, 3.63) is 47.3 Å². The molecule has 3 nitrogen and oxygen atoms in total. The zero-order chi connectivity index (χ0) is 12.7. The molecule has 0 heterocycles. The van der Waals surface area contributed by atoms with Crippen LogP contribution in [0.25, 0.3) is 0 Å². The van der Waals surface area contributed by atoms with Gasteiger partial charge in [-0.15, -0.1) is 0 Å². The topological polar surface area (TPSA) is 49.3 Å². The molecule has 0 saturated heterocycles. The van der Waals surface area contributed by atoms with Gasteiger partial charge in [-0.25, -0.2) is 9.18 Å². The molecule has 2 N–H and O–H groups in total. The van der Waals surface area contributed by atoms with Crippen LogP contribution in [0.4, 0.5) is 4.39 Å². The Labute approximate surface area is 100.0 Å². The molecule has 0 aliphatic carbocycles. The van der Waals surface area contributed by atoms with E-state index in [0.29, 0.717) is 25.1 Å². The van der Waals surface area contributed by atoms with Gasteiger partial charge < -0.3 is 10.4 Å². The number of rotatable bonds is 6. The third kappa shape index (κ3) is 5.26. The number of benzene rings is 1. The number of hydrogen-bond acceptors (Lipinski definition) is 2. The Morgan fingerprint density at radius 2 is 2.18 bits per heavy atom. The van der Waals surface area contributed by atoms with Crippen LogP contribution in [-0.4, -0.2) is 24.2 Å². The van der Waals surface area contributed by atoms with E-state index in [9.17, 15) is 9.18 Å². The van der Waals surface area contributed by atoms with Gasteiger partial charge in [0.25, 0.3) is 0 Å². The van der Waals surface area contributed by atoms with Crippen molar-refractivity contribution >= 4 is 5.97 Å². The van der Waals surface area contributed by atoms with Crippen LogP contribution in [0.15, 0.2) is 35.9 Å². The van der Waals surface area contributed by atoms with Gasteiger partial charge in [-0.1, -0.05) is 23.8 Å². The van der Waals surface area contributed by atoms with Gasteiger partial charge in [-0.3, -0.25) is 0 Å². The summed E-state index contributed by atoms with van der Waals surface area (Å²) in [7, 11) is 0. The average molecular weight is 237 g/mol. The third-order valence-corrected chi connectivity index (χ3v) is 2.30. The summed E-state index contributed by atoms with van der Waals surface area (Å²) in [4.78, 5) is 10.4. The smallest absolute Gasteiger partial charge is 0.328 e. The fraction of sp³-hybridized carbons (Fsp3) is 0.308. The first-order valence-electron chi connectivity index (χ1n) is 5.44. The maximum atomic E-state index is 13.2. The molecule has 0 spiro atoms. The molecule has 0 atom stereocenters. The monoisotopic (exact) mass is 237 g/mol. The lowest BCUT2D eigenvalue weighted by Gasteiger charge is -2.05. The van der Waals surface area contributed by atoms with E-state index >= 15 is 0 Å². The number of nitrogens with one attached hydrogen (secondary N) is 1. The Hall–Kier alpha value is -1.68. The molecule has 92 valence electrons. The standard InChI is InChI=1S/C13H16FNO2/c1-10(8-13(16)17)9-15-7-6-11-4-2-3-5-12(11)14/h2-5,8,15H,6-7,9H2,1H3,(H,16,17)/b10-8-. The lowest BCUT2D eigenvalue weighted by Crippen LogP contribution is -2.20.